The van der Waals surface area contributed by atoms with E-state index < -0.39 is 10.8 Å². The Bertz CT molecular complexity index is 1410. The summed E-state index contributed by atoms with van der Waals surface area (Å²) in [7, 11) is 1.53. The summed E-state index contributed by atoms with van der Waals surface area (Å²) in [5, 5.41) is 14.2. The molecule has 1 N–H and O–H groups in total. The highest BCUT2D eigenvalue weighted by atomic mass is 35.5. The van der Waals surface area contributed by atoms with Gasteiger partial charge in [-0.1, -0.05) is 29.3 Å². The molecule has 33 heavy (non-hydrogen) atoms. The van der Waals surface area contributed by atoms with Crippen LogP contribution in [0.2, 0.25) is 10.0 Å². The molecule has 4 aromatic rings. The van der Waals surface area contributed by atoms with Crippen LogP contribution in [0.4, 0.5) is 11.4 Å². The first kappa shape index (κ1) is 22.3. The molecule has 1 aromatic heterocycles. The second kappa shape index (κ2) is 9.32. The van der Waals surface area contributed by atoms with Crippen molar-refractivity contribution in [1.82, 2.24) is 4.98 Å². The average Bonchev–Trinajstić information content (AvgIpc) is 3.21. The molecule has 166 valence electrons. The molecule has 0 spiro atoms. The Morgan fingerprint density at radius 1 is 1.12 bits per heavy atom. The van der Waals surface area contributed by atoms with E-state index in [0.29, 0.717) is 44.6 Å². The van der Waals surface area contributed by atoms with Crippen LogP contribution in [-0.2, 0) is 4.79 Å². The minimum absolute atomic E-state index is 0.0267. The van der Waals surface area contributed by atoms with Crippen LogP contribution in [0, 0.1) is 10.1 Å². The molecule has 0 saturated heterocycles. The molecular weight excluding hydrogens is 469 g/mol. The lowest BCUT2D eigenvalue weighted by Gasteiger charge is -2.03. The van der Waals surface area contributed by atoms with Crippen LogP contribution in [0.3, 0.4) is 0 Å². The van der Waals surface area contributed by atoms with Crippen molar-refractivity contribution < 1.29 is 18.9 Å². The molecule has 4 rings (SSSR count). The van der Waals surface area contributed by atoms with Gasteiger partial charge in [-0.3, -0.25) is 14.9 Å². The van der Waals surface area contributed by atoms with Gasteiger partial charge in [0, 0.05) is 23.4 Å². The Labute approximate surface area is 197 Å². The molecule has 0 unspecified atom stereocenters. The molecule has 0 aliphatic carbocycles. The van der Waals surface area contributed by atoms with Crippen molar-refractivity contribution in [3.63, 3.8) is 0 Å². The number of oxazole rings is 1. The van der Waals surface area contributed by atoms with Gasteiger partial charge in [-0.05, 0) is 54.1 Å². The molecule has 0 radical (unpaired) electrons. The van der Waals surface area contributed by atoms with Crippen molar-refractivity contribution in [2.24, 2.45) is 0 Å². The van der Waals surface area contributed by atoms with Gasteiger partial charge in [0.1, 0.15) is 16.3 Å². The maximum Gasteiger partial charge on any atom is 0.288 e. The minimum atomic E-state index is -0.582. The zero-order chi connectivity index (χ0) is 23.5. The Kier molecular flexibility index (Phi) is 6.30. The van der Waals surface area contributed by atoms with Crippen molar-refractivity contribution in [3.8, 4) is 17.2 Å². The normalized spacial score (nSPS) is 11.1. The van der Waals surface area contributed by atoms with Crippen LogP contribution in [0.5, 0.6) is 5.75 Å². The lowest BCUT2D eigenvalue weighted by Crippen LogP contribution is -2.07. The summed E-state index contributed by atoms with van der Waals surface area (Å²) in [5.41, 5.74) is 2.51. The number of nitrogens with one attached hydrogen (secondary N) is 1. The lowest BCUT2D eigenvalue weighted by atomic mass is 10.2. The molecule has 0 bridgehead atoms. The number of aromatic nitrogens is 1. The third-order valence-electron chi connectivity index (χ3n) is 4.65. The summed E-state index contributed by atoms with van der Waals surface area (Å²) in [4.78, 5) is 27.2. The van der Waals surface area contributed by atoms with E-state index in [2.05, 4.69) is 10.3 Å². The summed E-state index contributed by atoms with van der Waals surface area (Å²) < 4.78 is 10.9. The first-order valence-corrected chi connectivity index (χ1v) is 10.3. The van der Waals surface area contributed by atoms with Crippen LogP contribution in [0.1, 0.15) is 5.56 Å². The minimum Gasteiger partial charge on any atom is -0.495 e. The highest BCUT2D eigenvalue weighted by Gasteiger charge is 2.13. The molecule has 10 heteroatoms. The topological polar surface area (TPSA) is 108 Å². The number of ether oxygens (including phenoxy) is 1. The van der Waals surface area contributed by atoms with Crippen molar-refractivity contribution in [3.05, 3.63) is 86.4 Å². The van der Waals surface area contributed by atoms with Gasteiger partial charge in [-0.25, -0.2) is 4.98 Å². The number of nitrogens with zero attached hydrogens (tertiary/aromatic N) is 2. The number of amides is 1. The zero-order valence-electron chi connectivity index (χ0n) is 17.0. The molecule has 3 aromatic carbocycles. The average molecular weight is 484 g/mol. The molecule has 0 saturated carbocycles. The number of methoxy groups -OCH3 is 1. The maximum atomic E-state index is 12.3. The van der Waals surface area contributed by atoms with Gasteiger partial charge < -0.3 is 14.5 Å². The van der Waals surface area contributed by atoms with E-state index in [9.17, 15) is 14.9 Å². The fourth-order valence-electron chi connectivity index (χ4n) is 3.06. The number of hydrogen-bond acceptors (Lipinski definition) is 6. The SMILES string of the molecule is COc1ccc(-c2nc3cc(NC(=O)C=Cc4ccc(Cl)c([N+](=O)[O-])c4)ccc3o2)cc1Cl. The first-order valence-electron chi connectivity index (χ1n) is 9.51. The fourth-order valence-corrected chi connectivity index (χ4v) is 3.50. The second-order valence-corrected chi connectivity index (χ2v) is 7.66. The number of benzene rings is 3. The number of carbonyl (C=O) groups excluding carboxylic acids is 1. The highest BCUT2D eigenvalue weighted by molar-refractivity contribution is 6.32. The summed E-state index contributed by atoms with van der Waals surface area (Å²) in [5.74, 6) is 0.502. The third kappa shape index (κ3) is 4.97. The number of nitro benzene ring substituents is 1. The lowest BCUT2D eigenvalue weighted by molar-refractivity contribution is -0.384. The quantitative estimate of drug-likeness (QED) is 0.194. The van der Waals surface area contributed by atoms with Crippen molar-refractivity contribution in [1.29, 1.82) is 0 Å². The maximum absolute atomic E-state index is 12.3. The van der Waals surface area contributed by atoms with Gasteiger partial charge in [-0.2, -0.15) is 0 Å². The number of halogens is 2. The first-order chi connectivity index (χ1) is 15.8. The van der Waals surface area contributed by atoms with Gasteiger partial charge >= 0.3 is 0 Å². The molecular formula is C23H15Cl2N3O5. The number of fused-ring (bicyclic) bond motifs is 1. The van der Waals surface area contributed by atoms with Gasteiger partial charge in [-0.15, -0.1) is 0 Å². The Morgan fingerprint density at radius 2 is 1.94 bits per heavy atom. The fraction of sp³-hybridized carbons (Fsp3) is 0.0435. The Morgan fingerprint density at radius 3 is 2.67 bits per heavy atom. The highest BCUT2D eigenvalue weighted by Crippen LogP contribution is 2.32. The Balaban J connectivity index is 1.50. The van der Waals surface area contributed by atoms with Crippen LogP contribution >= 0.6 is 23.2 Å². The monoisotopic (exact) mass is 483 g/mol. The number of nitro groups is 1. The van der Waals surface area contributed by atoms with Crippen LogP contribution < -0.4 is 10.1 Å². The molecule has 8 nitrogen and oxygen atoms in total. The number of anilines is 1. The standard InChI is InChI=1S/C23H15Cl2N3O5/c1-32-20-7-4-14(11-17(20)25)23-27-18-12-15(5-8-21(18)33-23)26-22(29)9-3-13-2-6-16(24)19(10-13)28(30)31/h2-12H,1H3,(H,26,29). The van der Waals surface area contributed by atoms with E-state index in [-0.39, 0.29) is 10.7 Å². The van der Waals surface area contributed by atoms with Crippen LogP contribution in [-0.4, -0.2) is 22.9 Å². The Hall–Kier alpha value is -3.88. The van der Waals surface area contributed by atoms with Gasteiger partial charge in [0.2, 0.25) is 11.8 Å². The van der Waals surface area contributed by atoms with Crippen molar-refractivity contribution in [2.75, 3.05) is 12.4 Å². The number of carbonyl (C=O) groups is 1. The predicted octanol–water partition coefficient (Wildman–Crippen LogP) is 6.37. The number of hydrogen-bond donors (Lipinski definition) is 1. The summed E-state index contributed by atoms with van der Waals surface area (Å²) in [6, 6.07) is 14.5. The van der Waals surface area contributed by atoms with E-state index in [1.165, 1.54) is 31.4 Å². The zero-order valence-corrected chi connectivity index (χ0v) is 18.6. The van der Waals surface area contributed by atoms with E-state index >= 15 is 0 Å². The van der Waals surface area contributed by atoms with Gasteiger partial charge in [0.05, 0.1) is 17.1 Å². The summed E-state index contributed by atoms with van der Waals surface area (Å²) in [6.07, 6.45) is 2.73. The van der Waals surface area contributed by atoms with Crippen LogP contribution in [0.15, 0.2) is 65.1 Å². The van der Waals surface area contributed by atoms with E-state index in [1.807, 2.05) is 0 Å². The second-order valence-electron chi connectivity index (χ2n) is 6.84. The van der Waals surface area contributed by atoms with Crippen LogP contribution in [0.25, 0.3) is 28.6 Å². The number of rotatable bonds is 6. The molecule has 0 atom stereocenters. The van der Waals surface area contributed by atoms with Crippen molar-refractivity contribution >= 4 is 57.7 Å². The third-order valence-corrected chi connectivity index (χ3v) is 5.26. The van der Waals surface area contributed by atoms with E-state index in [1.54, 1.807) is 42.5 Å². The van der Waals surface area contributed by atoms with Gasteiger partial charge in [0.15, 0.2) is 5.58 Å². The predicted molar refractivity (Wildman–Crippen MR) is 127 cm³/mol. The smallest absolute Gasteiger partial charge is 0.288 e. The van der Waals surface area contributed by atoms with Gasteiger partial charge in [0.25, 0.3) is 5.69 Å². The summed E-state index contributed by atoms with van der Waals surface area (Å²) >= 11 is 12.0. The van der Waals surface area contributed by atoms with Crippen molar-refractivity contribution in [2.45, 2.75) is 0 Å². The molecule has 0 fully saturated rings. The van der Waals surface area contributed by atoms with E-state index in [0.717, 1.165) is 0 Å². The molecule has 1 amide bonds. The molecule has 1 heterocycles. The molecule has 0 aliphatic heterocycles. The largest absolute Gasteiger partial charge is 0.495 e. The molecule has 0 aliphatic rings. The summed E-state index contributed by atoms with van der Waals surface area (Å²) in [6.45, 7) is 0. The van der Waals surface area contributed by atoms with E-state index in [4.69, 9.17) is 32.4 Å².